The smallest absolute Gasteiger partial charge is 0.337 e. The summed E-state index contributed by atoms with van der Waals surface area (Å²) in [6, 6.07) is 10.1. The number of phenols is 1. The van der Waals surface area contributed by atoms with Crippen LogP contribution >= 0.6 is 0 Å². The second-order valence-corrected chi connectivity index (χ2v) is 8.95. The summed E-state index contributed by atoms with van der Waals surface area (Å²) >= 11 is 0. The molecule has 1 heterocycles. The normalized spacial score (nSPS) is 11.2. The SMILES string of the molecule is CCc1c(OCc2ccc(S(=O)(=O)c3cncc(C(=O)O)c3)cc2)ccc(C(C)=O)c1O. The molecule has 0 saturated heterocycles. The molecule has 0 aliphatic rings. The Balaban J connectivity index is 1.80. The largest absolute Gasteiger partial charge is 0.507 e. The summed E-state index contributed by atoms with van der Waals surface area (Å²) in [7, 11) is -3.94. The van der Waals surface area contributed by atoms with Gasteiger partial charge in [-0.1, -0.05) is 19.1 Å². The average molecular weight is 455 g/mol. The lowest BCUT2D eigenvalue weighted by Gasteiger charge is -2.14. The third kappa shape index (κ3) is 4.62. The topological polar surface area (TPSA) is 131 Å². The molecule has 0 radical (unpaired) electrons. The van der Waals surface area contributed by atoms with Crippen molar-refractivity contribution in [1.82, 2.24) is 4.98 Å². The summed E-state index contributed by atoms with van der Waals surface area (Å²) < 4.78 is 31.4. The molecule has 1 aromatic heterocycles. The van der Waals surface area contributed by atoms with E-state index in [-0.39, 0.29) is 39.1 Å². The van der Waals surface area contributed by atoms with Crippen LogP contribution in [0.25, 0.3) is 0 Å². The number of nitrogens with zero attached hydrogens (tertiary/aromatic N) is 1. The molecule has 32 heavy (non-hydrogen) atoms. The minimum atomic E-state index is -3.94. The number of carbonyl (C=O) groups excluding carboxylic acids is 1. The summed E-state index contributed by atoms with van der Waals surface area (Å²) in [6.45, 7) is 3.32. The summed E-state index contributed by atoms with van der Waals surface area (Å²) in [5, 5.41) is 19.4. The zero-order valence-corrected chi connectivity index (χ0v) is 18.2. The van der Waals surface area contributed by atoms with E-state index >= 15 is 0 Å². The second kappa shape index (κ2) is 9.19. The van der Waals surface area contributed by atoms with E-state index in [1.807, 2.05) is 6.92 Å². The highest BCUT2D eigenvalue weighted by molar-refractivity contribution is 7.91. The van der Waals surface area contributed by atoms with Crippen LogP contribution in [0.4, 0.5) is 0 Å². The maximum absolute atomic E-state index is 12.8. The molecule has 0 saturated carbocycles. The van der Waals surface area contributed by atoms with Crippen LogP contribution in [0.15, 0.2) is 64.6 Å². The number of phenolic OH excluding ortho intramolecular Hbond substituents is 1. The van der Waals surface area contributed by atoms with Crippen LogP contribution in [0.3, 0.4) is 0 Å². The lowest BCUT2D eigenvalue weighted by molar-refractivity contribution is 0.0696. The molecule has 9 heteroatoms. The molecule has 2 N–H and O–H groups in total. The summed E-state index contributed by atoms with van der Waals surface area (Å²) in [4.78, 5) is 26.2. The average Bonchev–Trinajstić information content (AvgIpc) is 2.77. The number of carboxylic acid groups (broad SMARTS) is 1. The zero-order chi connectivity index (χ0) is 23.5. The first-order valence-electron chi connectivity index (χ1n) is 9.66. The Morgan fingerprint density at radius 2 is 1.72 bits per heavy atom. The van der Waals surface area contributed by atoms with Crippen LogP contribution in [0, 0.1) is 0 Å². The minimum absolute atomic E-state index is 0.0108. The molecule has 2 aromatic carbocycles. The van der Waals surface area contributed by atoms with E-state index in [9.17, 15) is 23.1 Å². The van der Waals surface area contributed by atoms with Gasteiger partial charge in [0.05, 0.1) is 20.9 Å². The van der Waals surface area contributed by atoms with Gasteiger partial charge in [-0.25, -0.2) is 13.2 Å². The number of benzene rings is 2. The fourth-order valence-corrected chi connectivity index (χ4v) is 4.37. The monoisotopic (exact) mass is 455 g/mol. The van der Waals surface area contributed by atoms with Crippen molar-refractivity contribution in [1.29, 1.82) is 0 Å². The molecule has 0 bridgehead atoms. The number of sulfone groups is 1. The molecule has 0 amide bonds. The van der Waals surface area contributed by atoms with E-state index < -0.39 is 15.8 Å². The number of Topliss-reactive ketones (excluding diaryl/α,β-unsaturated/α-hetero) is 1. The Bertz CT molecular complexity index is 1280. The molecule has 0 atom stereocenters. The van der Waals surface area contributed by atoms with Gasteiger partial charge in [0.25, 0.3) is 0 Å². The van der Waals surface area contributed by atoms with Crippen LogP contribution in [0.2, 0.25) is 0 Å². The predicted molar refractivity (Wildman–Crippen MR) is 115 cm³/mol. The highest BCUT2D eigenvalue weighted by Gasteiger charge is 2.20. The first-order chi connectivity index (χ1) is 15.1. The Labute approximate surface area is 185 Å². The Hall–Kier alpha value is -3.72. The number of aromatic carboxylic acids is 1. The highest BCUT2D eigenvalue weighted by Crippen LogP contribution is 2.32. The van der Waals surface area contributed by atoms with E-state index in [4.69, 9.17) is 9.84 Å². The molecule has 3 rings (SSSR count). The van der Waals surface area contributed by atoms with E-state index in [1.54, 1.807) is 18.2 Å². The quantitative estimate of drug-likeness (QED) is 0.492. The van der Waals surface area contributed by atoms with Gasteiger partial charge in [0.1, 0.15) is 18.1 Å². The zero-order valence-electron chi connectivity index (χ0n) is 17.4. The molecule has 0 aliphatic carbocycles. The number of hydrogen-bond donors (Lipinski definition) is 2. The van der Waals surface area contributed by atoms with Crippen molar-refractivity contribution in [2.24, 2.45) is 0 Å². The Kier molecular flexibility index (Phi) is 6.59. The number of aromatic nitrogens is 1. The first kappa shape index (κ1) is 23.0. The van der Waals surface area contributed by atoms with Crippen LogP contribution in [-0.2, 0) is 22.9 Å². The van der Waals surface area contributed by atoms with E-state index in [0.29, 0.717) is 23.3 Å². The second-order valence-electron chi connectivity index (χ2n) is 7.00. The van der Waals surface area contributed by atoms with Gasteiger partial charge in [-0.2, -0.15) is 0 Å². The number of carbonyl (C=O) groups is 2. The number of aromatic hydroxyl groups is 1. The number of hydrogen-bond acceptors (Lipinski definition) is 7. The Morgan fingerprint density at radius 3 is 2.31 bits per heavy atom. The van der Waals surface area contributed by atoms with Crippen molar-refractivity contribution in [3.8, 4) is 11.5 Å². The molecule has 0 aliphatic heterocycles. The number of ketones is 1. The van der Waals surface area contributed by atoms with Crippen molar-refractivity contribution < 1.29 is 33.0 Å². The third-order valence-corrected chi connectivity index (χ3v) is 6.61. The van der Waals surface area contributed by atoms with Gasteiger partial charge in [-0.15, -0.1) is 0 Å². The summed E-state index contributed by atoms with van der Waals surface area (Å²) in [5.74, 6) is -1.18. The molecule has 3 aromatic rings. The fourth-order valence-electron chi connectivity index (χ4n) is 3.12. The van der Waals surface area contributed by atoms with E-state index in [2.05, 4.69) is 4.98 Å². The fraction of sp³-hybridized carbons (Fsp3) is 0.174. The lowest BCUT2D eigenvalue weighted by atomic mass is 10.0. The van der Waals surface area contributed by atoms with Gasteiger partial charge in [-0.05, 0) is 49.2 Å². The lowest BCUT2D eigenvalue weighted by Crippen LogP contribution is -2.06. The molecule has 0 fully saturated rings. The number of pyridine rings is 1. The standard InChI is InChI=1S/C23H21NO7S/c1-3-19-21(9-8-20(14(2)25)22(19)26)31-13-15-4-6-17(7-5-15)32(29,30)18-10-16(23(27)28)11-24-12-18/h4-12,26H,3,13H2,1-2H3,(H,27,28). The molecule has 0 unspecified atom stereocenters. The van der Waals surface area contributed by atoms with Gasteiger partial charge in [0.15, 0.2) is 5.78 Å². The van der Waals surface area contributed by atoms with Crippen molar-refractivity contribution >= 4 is 21.6 Å². The summed E-state index contributed by atoms with van der Waals surface area (Å²) in [5.41, 5.74) is 1.20. The maximum Gasteiger partial charge on any atom is 0.337 e. The molecular weight excluding hydrogens is 434 g/mol. The maximum atomic E-state index is 12.8. The number of carboxylic acids is 1. The van der Waals surface area contributed by atoms with Crippen LogP contribution in [0.5, 0.6) is 11.5 Å². The first-order valence-corrected chi connectivity index (χ1v) is 11.1. The molecule has 0 spiro atoms. The van der Waals surface area contributed by atoms with Gasteiger partial charge < -0.3 is 14.9 Å². The van der Waals surface area contributed by atoms with Gasteiger partial charge in [-0.3, -0.25) is 9.78 Å². The summed E-state index contributed by atoms with van der Waals surface area (Å²) in [6.07, 6.45) is 2.64. The highest BCUT2D eigenvalue weighted by atomic mass is 32.2. The number of rotatable bonds is 8. The van der Waals surface area contributed by atoms with Gasteiger partial charge >= 0.3 is 5.97 Å². The minimum Gasteiger partial charge on any atom is -0.507 e. The van der Waals surface area contributed by atoms with E-state index in [1.165, 1.54) is 25.1 Å². The third-order valence-electron chi connectivity index (χ3n) is 4.87. The van der Waals surface area contributed by atoms with Crippen LogP contribution < -0.4 is 4.74 Å². The van der Waals surface area contributed by atoms with Gasteiger partial charge in [0.2, 0.25) is 9.84 Å². The van der Waals surface area contributed by atoms with Crippen molar-refractivity contribution in [2.45, 2.75) is 36.7 Å². The van der Waals surface area contributed by atoms with Crippen LogP contribution in [-0.4, -0.2) is 35.4 Å². The van der Waals surface area contributed by atoms with Crippen LogP contribution in [0.1, 0.15) is 45.7 Å². The Morgan fingerprint density at radius 1 is 1.03 bits per heavy atom. The number of ether oxygens (including phenoxy) is 1. The predicted octanol–water partition coefficient (Wildman–Crippen LogP) is 3.66. The van der Waals surface area contributed by atoms with Crippen molar-refractivity contribution in [3.63, 3.8) is 0 Å². The molecular formula is C23H21NO7S. The van der Waals surface area contributed by atoms with E-state index in [0.717, 1.165) is 18.5 Å². The van der Waals surface area contributed by atoms with Crippen molar-refractivity contribution in [3.05, 3.63) is 77.1 Å². The molecule has 8 nitrogen and oxygen atoms in total. The van der Waals surface area contributed by atoms with Gasteiger partial charge in [0, 0.05) is 18.0 Å². The molecule has 166 valence electrons. The van der Waals surface area contributed by atoms with Crippen molar-refractivity contribution in [2.75, 3.05) is 0 Å².